The van der Waals surface area contributed by atoms with E-state index in [2.05, 4.69) is 33.5 Å². The summed E-state index contributed by atoms with van der Waals surface area (Å²) in [6, 6.07) is 0. The molecule has 60 valence electrons. The molecular formula is C7H18OSi2. The zero-order valence-corrected chi connectivity index (χ0v) is 10.9. The Bertz CT molecular complexity index is 140. The minimum Gasteiger partial charge on any atom is -0.548 e. The number of hydrogen-bond acceptors (Lipinski definition) is 1. The second kappa shape index (κ2) is 3.39. The van der Waals surface area contributed by atoms with Gasteiger partial charge in [-0.1, -0.05) is 5.20 Å². The first-order chi connectivity index (χ1) is 4.33. The first kappa shape index (κ1) is 9.97. The molecule has 0 saturated heterocycles. The first-order valence-electron chi connectivity index (χ1n) is 3.66. The Labute approximate surface area is 68.0 Å². The lowest BCUT2D eigenvalue weighted by molar-refractivity contribution is 0.421. The third-order valence-electron chi connectivity index (χ3n) is 1.16. The quantitative estimate of drug-likeness (QED) is 0.455. The topological polar surface area (TPSA) is 9.23 Å². The molecule has 10 heavy (non-hydrogen) atoms. The van der Waals surface area contributed by atoms with Gasteiger partial charge in [-0.05, 0) is 33.5 Å². The average molecular weight is 174 g/mol. The summed E-state index contributed by atoms with van der Waals surface area (Å²) in [4.78, 5) is 0. The van der Waals surface area contributed by atoms with Crippen LogP contribution in [0.5, 0.6) is 0 Å². The molecule has 0 heterocycles. The van der Waals surface area contributed by atoms with Crippen LogP contribution in [0, 0.1) is 0 Å². The zero-order valence-electron chi connectivity index (χ0n) is 7.91. The van der Waals surface area contributed by atoms with Crippen LogP contribution in [0.2, 0.25) is 19.6 Å². The SMILES string of the molecule is CC([SiH3])=C(C)O[Si](C)(C)C. The summed E-state index contributed by atoms with van der Waals surface area (Å²) in [5.41, 5.74) is 0. The molecule has 0 unspecified atom stereocenters. The Morgan fingerprint density at radius 1 is 1.20 bits per heavy atom. The van der Waals surface area contributed by atoms with E-state index in [1.54, 1.807) is 0 Å². The van der Waals surface area contributed by atoms with Gasteiger partial charge in [0, 0.05) is 10.2 Å². The van der Waals surface area contributed by atoms with Crippen LogP contribution >= 0.6 is 0 Å². The highest BCUT2D eigenvalue weighted by Crippen LogP contribution is 2.11. The molecule has 0 aliphatic heterocycles. The summed E-state index contributed by atoms with van der Waals surface area (Å²) < 4.78 is 5.75. The van der Waals surface area contributed by atoms with Gasteiger partial charge in [-0.15, -0.1) is 0 Å². The van der Waals surface area contributed by atoms with Crippen LogP contribution in [0.3, 0.4) is 0 Å². The van der Waals surface area contributed by atoms with Crippen LogP contribution in [0.25, 0.3) is 0 Å². The van der Waals surface area contributed by atoms with E-state index < -0.39 is 8.32 Å². The lowest BCUT2D eigenvalue weighted by Gasteiger charge is -2.20. The van der Waals surface area contributed by atoms with Crippen molar-refractivity contribution in [3.63, 3.8) is 0 Å². The Kier molecular flexibility index (Phi) is 3.38. The van der Waals surface area contributed by atoms with Crippen LogP contribution in [-0.4, -0.2) is 18.6 Å². The smallest absolute Gasteiger partial charge is 0.241 e. The van der Waals surface area contributed by atoms with Gasteiger partial charge in [-0.2, -0.15) is 0 Å². The Hall–Kier alpha value is -0.0262. The van der Waals surface area contributed by atoms with Gasteiger partial charge in [-0.25, -0.2) is 0 Å². The molecule has 0 spiro atoms. The van der Waals surface area contributed by atoms with Crippen molar-refractivity contribution in [1.82, 2.24) is 0 Å². The second-order valence-corrected chi connectivity index (χ2v) is 9.70. The summed E-state index contributed by atoms with van der Waals surface area (Å²) in [6.45, 7) is 10.8. The van der Waals surface area contributed by atoms with Gasteiger partial charge in [0.1, 0.15) is 0 Å². The summed E-state index contributed by atoms with van der Waals surface area (Å²) in [6.07, 6.45) is 0. The standard InChI is InChI=1S/C7H18OSi2/c1-6(7(2)9)8-10(3,4)5/h1-5,9H3. The van der Waals surface area contributed by atoms with Gasteiger partial charge in [-0.3, -0.25) is 0 Å². The van der Waals surface area contributed by atoms with Crippen LogP contribution in [-0.2, 0) is 4.43 Å². The fourth-order valence-electron chi connectivity index (χ4n) is 0.561. The highest BCUT2D eigenvalue weighted by atomic mass is 28.4. The normalized spacial score (nSPS) is 14.9. The third kappa shape index (κ3) is 4.82. The van der Waals surface area contributed by atoms with Gasteiger partial charge in [0.25, 0.3) is 0 Å². The van der Waals surface area contributed by atoms with Gasteiger partial charge < -0.3 is 4.43 Å². The van der Waals surface area contributed by atoms with Crippen LogP contribution < -0.4 is 0 Å². The van der Waals surface area contributed by atoms with E-state index in [4.69, 9.17) is 4.43 Å². The Balaban J connectivity index is 4.06. The molecule has 0 aliphatic rings. The van der Waals surface area contributed by atoms with E-state index in [1.807, 2.05) is 0 Å². The van der Waals surface area contributed by atoms with E-state index in [0.29, 0.717) is 0 Å². The van der Waals surface area contributed by atoms with E-state index in [0.717, 1.165) is 16.0 Å². The predicted octanol–water partition coefficient (Wildman–Crippen LogP) is 1.45. The average Bonchev–Trinajstić information content (AvgIpc) is 1.60. The fourth-order valence-corrected chi connectivity index (χ4v) is 1.99. The van der Waals surface area contributed by atoms with Crippen molar-refractivity contribution in [3.05, 3.63) is 11.0 Å². The van der Waals surface area contributed by atoms with Gasteiger partial charge >= 0.3 is 0 Å². The zero-order chi connectivity index (χ0) is 8.36. The van der Waals surface area contributed by atoms with Crippen molar-refractivity contribution in [3.8, 4) is 0 Å². The van der Waals surface area contributed by atoms with Crippen molar-refractivity contribution in [2.75, 3.05) is 0 Å². The molecule has 1 nitrogen and oxygen atoms in total. The fraction of sp³-hybridized carbons (Fsp3) is 0.714. The van der Waals surface area contributed by atoms with Crippen molar-refractivity contribution >= 4 is 18.6 Å². The molecule has 0 atom stereocenters. The molecule has 0 N–H and O–H groups in total. The summed E-state index contributed by atoms with van der Waals surface area (Å²) >= 11 is 0. The molecule has 0 radical (unpaired) electrons. The molecule has 0 aromatic heterocycles. The molecule has 0 saturated carbocycles. The summed E-state index contributed by atoms with van der Waals surface area (Å²) in [7, 11) is -0.196. The largest absolute Gasteiger partial charge is 0.548 e. The van der Waals surface area contributed by atoms with Crippen molar-refractivity contribution in [1.29, 1.82) is 0 Å². The van der Waals surface area contributed by atoms with Crippen LogP contribution in [0.15, 0.2) is 11.0 Å². The molecule has 3 heteroatoms. The molecule has 0 rings (SSSR count). The van der Waals surface area contributed by atoms with Gasteiger partial charge in [0.05, 0.1) is 5.76 Å². The molecule has 0 amide bonds. The summed E-state index contributed by atoms with van der Waals surface area (Å²) in [5.74, 6) is 1.16. The number of rotatable bonds is 2. The van der Waals surface area contributed by atoms with Crippen molar-refractivity contribution in [2.45, 2.75) is 33.5 Å². The summed E-state index contributed by atoms with van der Waals surface area (Å²) in [5, 5.41) is 1.42. The van der Waals surface area contributed by atoms with Gasteiger partial charge in [0.15, 0.2) is 0 Å². The van der Waals surface area contributed by atoms with E-state index >= 15 is 0 Å². The number of allylic oxidation sites excluding steroid dienone is 2. The number of hydrogen-bond donors (Lipinski definition) is 0. The van der Waals surface area contributed by atoms with E-state index in [1.165, 1.54) is 5.20 Å². The maximum atomic E-state index is 5.75. The minimum absolute atomic E-state index is 1.12. The molecular weight excluding hydrogens is 156 g/mol. The lowest BCUT2D eigenvalue weighted by Crippen LogP contribution is -2.24. The predicted molar refractivity (Wildman–Crippen MR) is 52.7 cm³/mol. The Morgan fingerprint density at radius 2 is 1.60 bits per heavy atom. The molecule has 0 aromatic rings. The maximum absolute atomic E-state index is 5.75. The van der Waals surface area contributed by atoms with Crippen LogP contribution in [0.1, 0.15) is 13.8 Å². The molecule has 0 aromatic carbocycles. The highest BCUT2D eigenvalue weighted by molar-refractivity contribution is 6.70. The van der Waals surface area contributed by atoms with E-state index in [-0.39, 0.29) is 0 Å². The van der Waals surface area contributed by atoms with Gasteiger partial charge in [0.2, 0.25) is 8.32 Å². The lowest BCUT2D eigenvalue weighted by atomic mass is 10.5. The first-order valence-corrected chi connectivity index (χ1v) is 8.07. The second-order valence-electron chi connectivity index (χ2n) is 3.77. The van der Waals surface area contributed by atoms with Crippen molar-refractivity contribution < 1.29 is 4.43 Å². The molecule has 0 aliphatic carbocycles. The van der Waals surface area contributed by atoms with E-state index in [9.17, 15) is 0 Å². The maximum Gasteiger partial charge on any atom is 0.241 e. The van der Waals surface area contributed by atoms with Crippen molar-refractivity contribution in [2.24, 2.45) is 0 Å². The monoisotopic (exact) mass is 174 g/mol. The minimum atomic E-state index is -1.32. The third-order valence-corrected chi connectivity index (χ3v) is 2.79. The molecule has 0 fully saturated rings. The Morgan fingerprint density at radius 3 is 1.70 bits per heavy atom. The molecule has 0 bridgehead atoms. The van der Waals surface area contributed by atoms with Crippen LogP contribution in [0.4, 0.5) is 0 Å². The highest BCUT2D eigenvalue weighted by Gasteiger charge is 2.15.